The minimum absolute atomic E-state index is 0.182. The highest BCUT2D eigenvalue weighted by Crippen LogP contribution is 2.39. The summed E-state index contributed by atoms with van der Waals surface area (Å²) in [6, 6.07) is 0.182. The molecule has 1 rings (SSSR count). The number of rotatable bonds is 6. The Morgan fingerprint density at radius 3 is 2.69 bits per heavy atom. The first-order valence-corrected chi connectivity index (χ1v) is 5.76. The Bertz CT molecular complexity index is 180. The second-order valence-electron chi connectivity index (χ2n) is 3.73. The molecule has 0 saturated heterocycles. The lowest BCUT2D eigenvalue weighted by Crippen LogP contribution is -2.21. The number of carboxylic acids is 1. The Kier molecular flexibility index (Phi) is 4.06. The van der Waals surface area contributed by atoms with Gasteiger partial charge >= 0.3 is 5.97 Å². The molecule has 0 bridgehead atoms. The van der Waals surface area contributed by atoms with Crippen LogP contribution >= 0.6 is 11.8 Å². The van der Waals surface area contributed by atoms with Gasteiger partial charge in [-0.25, -0.2) is 0 Å². The zero-order valence-electron chi connectivity index (χ0n) is 7.90. The SMILES string of the molecule is CC(N)CCSC(C(=O)O)C1CC1. The van der Waals surface area contributed by atoms with Crippen LogP contribution in [0.2, 0.25) is 0 Å². The van der Waals surface area contributed by atoms with Crippen molar-refractivity contribution in [3.8, 4) is 0 Å². The lowest BCUT2D eigenvalue weighted by atomic mass is 10.3. The minimum atomic E-state index is -0.655. The fraction of sp³-hybridized carbons (Fsp3) is 0.889. The van der Waals surface area contributed by atoms with Gasteiger partial charge in [0.2, 0.25) is 0 Å². The molecule has 1 fully saturated rings. The molecule has 0 amide bonds. The summed E-state index contributed by atoms with van der Waals surface area (Å²) in [6.45, 7) is 1.95. The van der Waals surface area contributed by atoms with Crippen LogP contribution in [0.25, 0.3) is 0 Å². The maximum atomic E-state index is 10.8. The average molecular weight is 203 g/mol. The van der Waals surface area contributed by atoms with Gasteiger partial charge in [0, 0.05) is 6.04 Å². The number of hydrogen-bond donors (Lipinski definition) is 2. The van der Waals surface area contributed by atoms with Crippen molar-refractivity contribution >= 4 is 17.7 Å². The number of carbonyl (C=O) groups is 1. The van der Waals surface area contributed by atoms with Crippen LogP contribution in [0, 0.1) is 5.92 Å². The lowest BCUT2D eigenvalue weighted by molar-refractivity contribution is -0.136. The molecule has 1 aliphatic rings. The van der Waals surface area contributed by atoms with Crippen LogP contribution in [0.15, 0.2) is 0 Å². The predicted molar refractivity (Wildman–Crippen MR) is 54.9 cm³/mol. The molecule has 0 heterocycles. The van der Waals surface area contributed by atoms with Crippen LogP contribution in [0.3, 0.4) is 0 Å². The standard InChI is InChI=1S/C9H17NO2S/c1-6(10)4-5-13-8(9(11)12)7-2-3-7/h6-8H,2-5,10H2,1H3,(H,11,12). The molecule has 4 heteroatoms. The number of thioether (sulfide) groups is 1. The number of aliphatic carboxylic acids is 1. The topological polar surface area (TPSA) is 63.3 Å². The second-order valence-corrected chi connectivity index (χ2v) is 4.98. The maximum absolute atomic E-state index is 10.8. The molecule has 2 unspecified atom stereocenters. The molecule has 76 valence electrons. The largest absolute Gasteiger partial charge is 0.480 e. The summed E-state index contributed by atoms with van der Waals surface area (Å²) in [5, 5.41) is 8.72. The second kappa shape index (κ2) is 4.86. The van der Waals surface area contributed by atoms with E-state index in [0.29, 0.717) is 5.92 Å². The van der Waals surface area contributed by atoms with Crippen LogP contribution in [0.5, 0.6) is 0 Å². The lowest BCUT2D eigenvalue weighted by Gasteiger charge is -2.11. The Hall–Kier alpha value is -0.220. The van der Waals surface area contributed by atoms with Crippen molar-refractivity contribution in [1.82, 2.24) is 0 Å². The highest BCUT2D eigenvalue weighted by molar-refractivity contribution is 8.00. The van der Waals surface area contributed by atoms with Gasteiger partial charge in [0.1, 0.15) is 5.25 Å². The summed E-state index contributed by atoms with van der Waals surface area (Å²) in [7, 11) is 0. The number of nitrogens with two attached hydrogens (primary N) is 1. The highest BCUT2D eigenvalue weighted by Gasteiger charge is 2.36. The summed E-state index contributed by atoms with van der Waals surface area (Å²) in [5.41, 5.74) is 5.59. The molecule has 0 radical (unpaired) electrons. The van der Waals surface area contributed by atoms with Crippen molar-refractivity contribution in [2.45, 2.75) is 37.5 Å². The van der Waals surface area contributed by atoms with Crippen molar-refractivity contribution in [2.75, 3.05) is 5.75 Å². The molecule has 0 aromatic carbocycles. The zero-order chi connectivity index (χ0) is 9.84. The van der Waals surface area contributed by atoms with E-state index in [2.05, 4.69) is 0 Å². The first-order valence-electron chi connectivity index (χ1n) is 4.71. The maximum Gasteiger partial charge on any atom is 0.316 e. The molecular weight excluding hydrogens is 186 g/mol. The van der Waals surface area contributed by atoms with Crippen LogP contribution in [0.1, 0.15) is 26.2 Å². The van der Waals surface area contributed by atoms with Crippen LogP contribution < -0.4 is 5.73 Å². The molecule has 3 N–H and O–H groups in total. The summed E-state index contributed by atoms with van der Waals surface area (Å²) in [6.07, 6.45) is 3.07. The van der Waals surface area contributed by atoms with Gasteiger partial charge in [-0.05, 0) is 37.9 Å². The molecule has 2 atom stereocenters. The van der Waals surface area contributed by atoms with E-state index < -0.39 is 5.97 Å². The van der Waals surface area contributed by atoms with Crippen LogP contribution in [0.4, 0.5) is 0 Å². The molecular formula is C9H17NO2S. The van der Waals surface area contributed by atoms with Crippen molar-refractivity contribution in [3.63, 3.8) is 0 Å². The fourth-order valence-corrected chi connectivity index (χ4v) is 2.64. The molecule has 3 nitrogen and oxygen atoms in total. The molecule has 13 heavy (non-hydrogen) atoms. The van der Waals surface area contributed by atoms with Gasteiger partial charge in [-0.15, -0.1) is 11.8 Å². The average Bonchev–Trinajstić information content (AvgIpc) is 2.79. The normalized spacial score (nSPS) is 21.1. The molecule has 0 aliphatic heterocycles. The third kappa shape index (κ3) is 4.00. The molecule has 0 aromatic heterocycles. The Labute approximate surface area is 83.1 Å². The molecule has 1 aliphatic carbocycles. The Balaban J connectivity index is 2.19. The van der Waals surface area contributed by atoms with E-state index >= 15 is 0 Å². The van der Waals surface area contributed by atoms with E-state index in [4.69, 9.17) is 10.8 Å². The first kappa shape index (κ1) is 10.9. The Morgan fingerprint density at radius 2 is 2.31 bits per heavy atom. The predicted octanol–water partition coefficient (Wildman–Crippen LogP) is 1.32. The molecule has 0 spiro atoms. The van der Waals surface area contributed by atoms with Crippen molar-refractivity contribution < 1.29 is 9.90 Å². The third-order valence-corrected chi connectivity index (χ3v) is 3.58. The van der Waals surface area contributed by atoms with E-state index in [1.165, 1.54) is 0 Å². The van der Waals surface area contributed by atoms with Crippen LogP contribution in [-0.2, 0) is 4.79 Å². The van der Waals surface area contributed by atoms with E-state index in [1.54, 1.807) is 11.8 Å². The van der Waals surface area contributed by atoms with Gasteiger partial charge < -0.3 is 10.8 Å². The van der Waals surface area contributed by atoms with Gasteiger partial charge in [0.15, 0.2) is 0 Å². The first-order chi connectivity index (χ1) is 6.11. The smallest absolute Gasteiger partial charge is 0.316 e. The summed E-state index contributed by atoms with van der Waals surface area (Å²) < 4.78 is 0. The fourth-order valence-electron chi connectivity index (χ4n) is 1.19. The monoisotopic (exact) mass is 203 g/mol. The summed E-state index contributed by atoms with van der Waals surface area (Å²) >= 11 is 1.55. The van der Waals surface area contributed by atoms with Crippen LogP contribution in [-0.4, -0.2) is 28.1 Å². The van der Waals surface area contributed by atoms with Gasteiger partial charge in [0.25, 0.3) is 0 Å². The van der Waals surface area contributed by atoms with E-state index in [0.717, 1.165) is 25.0 Å². The minimum Gasteiger partial charge on any atom is -0.480 e. The highest BCUT2D eigenvalue weighted by atomic mass is 32.2. The van der Waals surface area contributed by atoms with Gasteiger partial charge in [-0.1, -0.05) is 0 Å². The van der Waals surface area contributed by atoms with Crippen molar-refractivity contribution in [3.05, 3.63) is 0 Å². The van der Waals surface area contributed by atoms with Gasteiger partial charge in [-0.2, -0.15) is 0 Å². The van der Waals surface area contributed by atoms with Crippen molar-refractivity contribution in [1.29, 1.82) is 0 Å². The number of hydrogen-bond acceptors (Lipinski definition) is 3. The van der Waals surface area contributed by atoms with E-state index in [-0.39, 0.29) is 11.3 Å². The number of carboxylic acid groups (broad SMARTS) is 1. The van der Waals surface area contributed by atoms with E-state index in [1.807, 2.05) is 6.92 Å². The summed E-state index contributed by atoms with van der Waals surface area (Å²) in [4.78, 5) is 10.8. The van der Waals surface area contributed by atoms with E-state index in [9.17, 15) is 4.79 Å². The molecule has 1 saturated carbocycles. The third-order valence-electron chi connectivity index (χ3n) is 2.16. The van der Waals surface area contributed by atoms with Gasteiger partial charge in [0.05, 0.1) is 0 Å². The zero-order valence-corrected chi connectivity index (χ0v) is 8.72. The molecule has 0 aromatic rings. The quantitative estimate of drug-likeness (QED) is 0.683. The van der Waals surface area contributed by atoms with Gasteiger partial charge in [-0.3, -0.25) is 4.79 Å². The summed E-state index contributed by atoms with van der Waals surface area (Å²) in [5.74, 6) is 0.637. The van der Waals surface area contributed by atoms with Crippen molar-refractivity contribution in [2.24, 2.45) is 11.7 Å². The Morgan fingerprint density at radius 1 is 1.69 bits per heavy atom.